The smallest absolute Gasteiger partial charge is 0.143 e. The summed E-state index contributed by atoms with van der Waals surface area (Å²) in [5, 5.41) is 9.30. The zero-order valence-corrected chi connectivity index (χ0v) is 36.8. The van der Waals surface area contributed by atoms with Gasteiger partial charge in [0.25, 0.3) is 0 Å². The average Bonchev–Trinajstić information content (AvgIpc) is 4.09. The quantitative estimate of drug-likeness (QED) is 0.160. The number of hydrogen-bond acceptors (Lipinski definition) is 3. The van der Waals surface area contributed by atoms with Crippen molar-refractivity contribution in [1.29, 1.82) is 0 Å². The van der Waals surface area contributed by atoms with Crippen LogP contribution in [-0.4, -0.2) is 4.57 Å². The molecule has 0 unspecified atom stereocenters. The van der Waals surface area contributed by atoms with Crippen molar-refractivity contribution >= 4 is 93.5 Å². The number of anilines is 3. The molecule has 11 aromatic carbocycles. The molecule has 0 aliphatic carbocycles. The van der Waals surface area contributed by atoms with E-state index in [4.69, 9.17) is 8.83 Å². The molecular formula is C64H40N2O2. The number of rotatable bonds is 7. The molecule has 0 bridgehead atoms. The third-order valence-corrected chi connectivity index (χ3v) is 13.8. The number of hydrogen-bond donors (Lipinski definition) is 0. The molecule has 0 atom stereocenters. The molecule has 4 heteroatoms. The summed E-state index contributed by atoms with van der Waals surface area (Å²) < 4.78 is 15.1. The van der Waals surface area contributed by atoms with Gasteiger partial charge in [0.15, 0.2) is 0 Å². The van der Waals surface area contributed by atoms with Crippen LogP contribution in [0.3, 0.4) is 0 Å². The van der Waals surface area contributed by atoms with Gasteiger partial charge < -0.3 is 18.3 Å². The van der Waals surface area contributed by atoms with Gasteiger partial charge in [-0.2, -0.15) is 0 Å². The van der Waals surface area contributed by atoms with E-state index in [1.807, 2.05) is 12.1 Å². The molecule has 14 aromatic rings. The third kappa shape index (κ3) is 6.01. The molecule has 4 nitrogen and oxygen atoms in total. The highest BCUT2D eigenvalue weighted by Gasteiger charge is 2.19. The normalized spacial score (nSPS) is 11.8. The van der Waals surface area contributed by atoms with E-state index in [0.717, 1.165) is 99.8 Å². The third-order valence-electron chi connectivity index (χ3n) is 13.8. The summed E-state index contributed by atoms with van der Waals surface area (Å²) in [6.07, 6.45) is 0. The first-order chi connectivity index (χ1) is 33.7. The first-order valence-corrected chi connectivity index (χ1v) is 23.2. The second-order valence-electron chi connectivity index (χ2n) is 17.6. The van der Waals surface area contributed by atoms with E-state index in [0.29, 0.717) is 0 Å². The molecule has 0 radical (unpaired) electrons. The highest BCUT2D eigenvalue weighted by atomic mass is 16.3. The molecule has 0 N–H and O–H groups in total. The Kier molecular flexibility index (Phi) is 8.55. The van der Waals surface area contributed by atoms with Crippen LogP contribution in [-0.2, 0) is 0 Å². The van der Waals surface area contributed by atoms with Crippen molar-refractivity contribution < 1.29 is 8.83 Å². The predicted octanol–water partition coefficient (Wildman–Crippen LogP) is 18.2. The summed E-state index contributed by atoms with van der Waals surface area (Å²) in [5.41, 5.74) is 17.2. The Morgan fingerprint density at radius 1 is 0.309 bits per heavy atom. The first-order valence-electron chi connectivity index (χ1n) is 23.2. The molecule has 0 amide bonds. The summed E-state index contributed by atoms with van der Waals surface area (Å²) in [6, 6.07) is 87.0. The van der Waals surface area contributed by atoms with E-state index in [1.54, 1.807) is 0 Å². The number of furan rings is 2. The van der Waals surface area contributed by atoms with Gasteiger partial charge in [-0.3, -0.25) is 0 Å². The van der Waals surface area contributed by atoms with Crippen molar-refractivity contribution in [2.45, 2.75) is 0 Å². The number of para-hydroxylation sites is 4. The van der Waals surface area contributed by atoms with Crippen LogP contribution in [0, 0.1) is 0 Å². The Morgan fingerprint density at radius 3 is 1.56 bits per heavy atom. The molecular weight excluding hydrogens is 829 g/mol. The average molecular weight is 869 g/mol. The fourth-order valence-electron chi connectivity index (χ4n) is 10.6. The zero-order valence-electron chi connectivity index (χ0n) is 36.8. The molecule has 318 valence electrons. The van der Waals surface area contributed by atoms with E-state index in [1.165, 1.54) is 32.8 Å². The SMILES string of the molecule is c1ccc(-n2c3ccccc3c3ccccc32)c(-c2ccc(N(c3ccc(-c4ccc5oc6ccccc6c5c4)cc3)c3ccc(-c4cccc5oc6c7ccccc7ccc6c45)cc3)cc2)c1. The van der Waals surface area contributed by atoms with Gasteiger partial charge in [-0.1, -0.05) is 158 Å². The summed E-state index contributed by atoms with van der Waals surface area (Å²) in [5.74, 6) is 0. The Bertz CT molecular complexity index is 4200. The van der Waals surface area contributed by atoms with Gasteiger partial charge in [-0.15, -0.1) is 0 Å². The highest BCUT2D eigenvalue weighted by molar-refractivity contribution is 6.19. The molecule has 3 heterocycles. The van der Waals surface area contributed by atoms with Crippen LogP contribution in [0.2, 0.25) is 0 Å². The van der Waals surface area contributed by atoms with Crippen molar-refractivity contribution in [1.82, 2.24) is 4.57 Å². The maximum atomic E-state index is 6.58. The molecule has 0 aliphatic heterocycles. The van der Waals surface area contributed by atoms with Crippen LogP contribution in [0.5, 0.6) is 0 Å². The second kappa shape index (κ2) is 15.2. The molecule has 0 spiro atoms. The first kappa shape index (κ1) is 38.2. The van der Waals surface area contributed by atoms with Gasteiger partial charge in [-0.25, -0.2) is 0 Å². The van der Waals surface area contributed by atoms with E-state index >= 15 is 0 Å². The lowest BCUT2D eigenvalue weighted by Crippen LogP contribution is -2.09. The molecule has 3 aromatic heterocycles. The Balaban J connectivity index is 0.874. The minimum absolute atomic E-state index is 0.888. The fourth-order valence-corrected chi connectivity index (χ4v) is 10.6. The van der Waals surface area contributed by atoms with Crippen LogP contribution in [0.15, 0.2) is 251 Å². The summed E-state index contributed by atoms with van der Waals surface area (Å²) in [4.78, 5) is 2.35. The summed E-state index contributed by atoms with van der Waals surface area (Å²) in [7, 11) is 0. The number of fused-ring (bicyclic) bond motifs is 11. The topological polar surface area (TPSA) is 34.5 Å². The Morgan fingerprint density at radius 2 is 0.838 bits per heavy atom. The molecule has 0 saturated heterocycles. The van der Waals surface area contributed by atoms with Crippen molar-refractivity contribution in [3.63, 3.8) is 0 Å². The van der Waals surface area contributed by atoms with Crippen LogP contribution in [0.4, 0.5) is 17.1 Å². The molecule has 0 fully saturated rings. The monoisotopic (exact) mass is 868 g/mol. The number of benzene rings is 11. The van der Waals surface area contributed by atoms with Crippen molar-refractivity contribution in [3.05, 3.63) is 243 Å². The summed E-state index contributed by atoms with van der Waals surface area (Å²) in [6.45, 7) is 0. The lowest BCUT2D eigenvalue weighted by molar-refractivity contribution is 0.669. The number of aromatic nitrogens is 1. The largest absolute Gasteiger partial charge is 0.456 e. The van der Waals surface area contributed by atoms with Gasteiger partial charge in [0, 0.05) is 60.3 Å². The lowest BCUT2D eigenvalue weighted by atomic mass is 9.97. The van der Waals surface area contributed by atoms with Crippen molar-refractivity contribution in [2.75, 3.05) is 4.90 Å². The van der Waals surface area contributed by atoms with Gasteiger partial charge in [0.05, 0.1) is 16.7 Å². The second-order valence-corrected chi connectivity index (χ2v) is 17.6. The fraction of sp³-hybridized carbons (Fsp3) is 0. The van der Waals surface area contributed by atoms with E-state index in [9.17, 15) is 0 Å². The molecule has 14 rings (SSSR count). The maximum absolute atomic E-state index is 6.58. The zero-order chi connectivity index (χ0) is 44.7. The molecule has 0 saturated carbocycles. The van der Waals surface area contributed by atoms with Gasteiger partial charge in [0.1, 0.15) is 22.3 Å². The summed E-state index contributed by atoms with van der Waals surface area (Å²) >= 11 is 0. The number of nitrogens with zero attached hydrogens (tertiary/aromatic N) is 2. The predicted molar refractivity (Wildman–Crippen MR) is 284 cm³/mol. The van der Waals surface area contributed by atoms with Crippen LogP contribution >= 0.6 is 0 Å². The lowest BCUT2D eigenvalue weighted by Gasteiger charge is -2.26. The molecule has 0 aliphatic rings. The van der Waals surface area contributed by atoms with Crippen LogP contribution < -0.4 is 4.90 Å². The van der Waals surface area contributed by atoms with Gasteiger partial charge in [0.2, 0.25) is 0 Å². The van der Waals surface area contributed by atoms with Gasteiger partial charge in [-0.05, 0) is 118 Å². The highest BCUT2D eigenvalue weighted by Crippen LogP contribution is 2.43. The van der Waals surface area contributed by atoms with E-state index in [-0.39, 0.29) is 0 Å². The standard InChI is InChI=1S/C64H40N2O2/c1-2-14-51-42(12-1)30-38-55-63-50(18-11-23-62(63)68-64(51)55)44-28-36-48(37-29-44)65(46-32-24-41(25-33-46)45-31-39-61-56(40-45)54-17-6-10-22-60(54)67-61)47-34-26-43(27-35-47)49-13-3-7-19-57(49)66-58-20-8-4-15-52(58)53-16-5-9-21-59(53)66/h1-40H. The Hall–Kier alpha value is -9.12. The van der Waals surface area contributed by atoms with Crippen molar-refractivity contribution in [3.8, 4) is 39.1 Å². The van der Waals surface area contributed by atoms with Gasteiger partial charge >= 0.3 is 0 Å². The van der Waals surface area contributed by atoms with Crippen LogP contribution in [0.1, 0.15) is 0 Å². The minimum Gasteiger partial charge on any atom is -0.456 e. The van der Waals surface area contributed by atoms with Crippen molar-refractivity contribution in [2.24, 2.45) is 0 Å². The van der Waals surface area contributed by atoms with E-state index < -0.39 is 0 Å². The van der Waals surface area contributed by atoms with E-state index in [2.05, 4.69) is 240 Å². The molecule has 68 heavy (non-hydrogen) atoms. The van der Waals surface area contributed by atoms with Crippen LogP contribution in [0.25, 0.3) is 116 Å². The Labute approximate surface area is 391 Å². The maximum Gasteiger partial charge on any atom is 0.143 e. The minimum atomic E-state index is 0.888.